The Hall–Kier alpha value is -1.64. The molecule has 2 unspecified atom stereocenters. The van der Waals surface area contributed by atoms with Crippen molar-refractivity contribution in [1.29, 1.82) is 0 Å². The summed E-state index contributed by atoms with van der Waals surface area (Å²) in [5.41, 5.74) is 0.708. The maximum atomic E-state index is 11.2. The molecular weight excluding hydrogens is 284 g/mol. The summed E-state index contributed by atoms with van der Waals surface area (Å²) in [5.74, 6) is -1.50. The molecule has 2 rings (SSSR count). The predicted octanol–water partition coefficient (Wildman–Crippen LogP) is -0.130. The van der Waals surface area contributed by atoms with Gasteiger partial charge in [-0.05, 0) is 24.3 Å². The summed E-state index contributed by atoms with van der Waals surface area (Å²) in [7, 11) is -1.97. The lowest BCUT2D eigenvalue weighted by atomic mass is 10.0. The fourth-order valence-electron chi connectivity index (χ4n) is 2.22. The minimum Gasteiger partial charge on any atom is -0.481 e. The number of benzene rings is 1. The second-order valence-electron chi connectivity index (χ2n) is 4.70. The molecule has 0 aromatic heterocycles. The van der Waals surface area contributed by atoms with Gasteiger partial charge < -0.3 is 14.7 Å². The number of carboxylic acid groups (broad SMARTS) is 1. The van der Waals surface area contributed by atoms with Gasteiger partial charge in [0, 0.05) is 12.7 Å². The van der Waals surface area contributed by atoms with Crippen molar-refractivity contribution in [3.63, 3.8) is 0 Å². The standard InChI is InChI=1S/C12H16N2O5S/c1-14(11-7-19-6-10(11)12(15)16)8-2-4-9(5-3-8)20(13,17)18/h2-5,10-11H,6-7H2,1H3,(H,15,16)(H2,13,17,18). The van der Waals surface area contributed by atoms with Crippen molar-refractivity contribution in [3.05, 3.63) is 24.3 Å². The number of primary sulfonamides is 1. The first-order valence-corrected chi connectivity index (χ1v) is 7.51. The van der Waals surface area contributed by atoms with E-state index in [1.54, 1.807) is 24.1 Å². The number of rotatable bonds is 4. The molecule has 3 N–H and O–H groups in total. The van der Waals surface area contributed by atoms with E-state index in [2.05, 4.69) is 0 Å². The van der Waals surface area contributed by atoms with Crippen LogP contribution in [0, 0.1) is 5.92 Å². The molecule has 0 saturated carbocycles. The Balaban J connectivity index is 2.21. The van der Waals surface area contributed by atoms with Gasteiger partial charge in [-0.3, -0.25) is 4.79 Å². The zero-order valence-electron chi connectivity index (χ0n) is 10.9. The Morgan fingerprint density at radius 2 is 1.95 bits per heavy atom. The highest BCUT2D eigenvalue weighted by Gasteiger charge is 2.36. The van der Waals surface area contributed by atoms with Crippen molar-refractivity contribution in [2.75, 3.05) is 25.2 Å². The van der Waals surface area contributed by atoms with E-state index in [1.807, 2.05) is 0 Å². The van der Waals surface area contributed by atoms with Gasteiger partial charge in [-0.1, -0.05) is 0 Å². The van der Waals surface area contributed by atoms with Crippen LogP contribution in [-0.4, -0.2) is 45.8 Å². The number of carbonyl (C=O) groups is 1. The second kappa shape index (κ2) is 5.39. The quantitative estimate of drug-likeness (QED) is 0.801. The van der Waals surface area contributed by atoms with Crippen molar-refractivity contribution in [3.8, 4) is 0 Å². The number of nitrogens with two attached hydrogens (primary N) is 1. The summed E-state index contributed by atoms with van der Waals surface area (Å²) in [6, 6.07) is 5.70. The lowest BCUT2D eigenvalue weighted by molar-refractivity contribution is -0.141. The van der Waals surface area contributed by atoms with Gasteiger partial charge >= 0.3 is 5.97 Å². The van der Waals surface area contributed by atoms with E-state index in [9.17, 15) is 13.2 Å². The van der Waals surface area contributed by atoms with Gasteiger partial charge in [-0.2, -0.15) is 0 Å². The number of ether oxygens (including phenoxy) is 1. The van der Waals surface area contributed by atoms with Crippen LogP contribution in [0.4, 0.5) is 5.69 Å². The highest BCUT2D eigenvalue weighted by Crippen LogP contribution is 2.25. The van der Waals surface area contributed by atoms with Crippen molar-refractivity contribution >= 4 is 21.7 Å². The number of hydrogen-bond donors (Lipinski definition) is 2. The molecule has 1 aliphatic heterocycles. The molecule has 0 amide bonds. The normalized spacial score (nSPS) is 22.7. The Labute approximate surface area is 117 Å². The molecular formula is C12H16N2O5S. The molecule has 1 saturated heterocycles. The van der Waals surface area contributed by atoms with Crippen molar-refractivity contribution < 1.29 is 23.1 Å². The van der Waals surface area contributed by atoms with E-state index in [-0.39, 0.29) is 17.5 Å². The molecule has 7 nitrogen and oxygen atoms in total. The van der Waals surface area contributed by atoms with Gasteiger partial charge in [0.25, 0.3) is 0 Å². The number of hydrogen-bond acceptors (Lipinski definition) is 5. The molecule has 0 aliphatic carbocycles. The van der Waals surface area contributed by atoms with Gasteiger partial charge in [-0.15, -0.1) is 0 Å². The minimum atomic E-state index is -3.73. The summed E-state index contributed by atoms with van der Waals surface area (Å²) in [6.07, 6.45) is 0. The summed E-state index contributed by atoms with van der Waals surface area (Å²) < 4.78 is 27.6. The van der Waals surface area contributed by atoms with Crippen LogP contribution in [0.15, 0.2) is 29.2 Å². The lowest BCUT2D eigenvalue weighted by Crippen LogP contribution is -2.40. The maximum absolute atomic E-state index is 11.2. The van der Waals surface area contributed by atoms with Crippen LogP contribution in [0.5, 0.6) is 0 Å². The van der Waals surface area contributed by atoms with Crippen LogP contribution in [0.25, 0.3) is 0 Å². The molecule has 20 heavy (non-hydrogen) atoms. The molecule has 0 spiro atoms. The minimum absolute atomic E-state index is 0.0205. The van der Waals surface area contributed by atoms with Crippen LogP contribution < -0.4 is 10.0 Å². The van der Waals surface area contributed by atoms with Crippen LogP contribution in [0.1, 0.15) is 0 Å². The molecule has 1 aromatic carbocycles. The van der Waals surface area contributed by atoms with Gasteiger partial charge in [-0.25, -0.2) is 13.6 Å². The lowest BCUT2D eigenvalue weighted by Gasteiger charge is -2.28. The SMILES string of the molecule is CN(c1ccc(S(N)(=O)=O)cc1)C1COCC1C(=O)O. The van der Waals surface area contributed by atoms with E-state index in [4.69, 9.17) is 15.0 Å². The topological polar surface area (TPSA) is 110 Å². The third-order valence-electron chi connectivity index (χ3n) is 3.44. The highest BCUT2D eigenvalue weighted by atomic mass is 32.2. The van der Waals surface area contributed by atoms with E-state index >= 15 is 0 Å². The van der Waals surface area contributed by atoms with Crippen LogP contribution in [0.3, 0.4) is 0 Å². The largest absolute Gasteiger partial charge is 0.481 e. The number of carboxylic acids is 1. The zero-order valence-corrected chi connectivity index (χ0v) is 11.7. The van der Waals surface area contributed by atoms with Gasteiger partial charge in [0.2, 0.25) is 10.0 Å². The number of sulfonamides is 1. The van der Waals surface area contributed by atoms with E-state index < -0.39 is 21.9 Å². The third kappa shape index (κ3) is 2.92. The van der Waals surface area contributed by atoms with Crippen molar-refractivity contribution in [2.45, 2.75) is 10.9 Å². The van der Waals surface area contributed by atoms with E-state index in [1.165, 1.54) is 12.1 Å². The third-order valence-corrected chi connectivity index (χ3v) is 4.37. The fourth-order valence-corrected chi connectivity index (χ4v) is 2.74. The summed E-state index contributed by atoms with van der Waals surface area (Å²) in [6.45, 7) is 0.504. The van der Waals surface area contributed by atoms with Gasteiger partial charge in [0.15, 0.2) is 0 Å². The van der Waals surface area contributed by atoms with Crippen molar-refractivity contribution in [1.82, 2.24) is 0 Å². The monoisotopic (exact) mass is 300 g/mol. The van der Waals surface area contributed by atoms with E-state index in [0.717, 1.165) is 0 Å². The number of anilines is 1. The summed E-state index contributed by atoms with van der Waals surface area (Å²) in [4.78, 5) is 12.9. The summed E-state index contributed by atoms with van der Waals surface area (Å²) >= 11 is 0. The van der Waals surface area contributed by atoms with Gasteiger partial charge in [0.05, 0.1) is 24.2 Å². The first-order chi connectivity index (χ1) is 9.30. The number of nitrogens with zero attached hydrogens (tertiary/aromatic N) is 1. The molecule has 2 atom stereocenters. The smallest absolute Gasteiger partial charge is 0.311 e. The highest BCUT2D eigenvalue weighted by molar-refractivity contribution is 7.89. The van der Waals surface area contributed by atoms with Gasteiger partial charge in [0.1, 0.15) is 5.92 Å². The first-order valence-electron chi connectivity index (χ1n) is 5.97. The Bertz CT molecular complexity index is 599. The number of aliphatic carboxylic acids is 1. The average Bonchev–Trinajstić information content (AvgIpc) is 2.86. The molecule has 110 valence electrons. The molecule has 1 aromatic rings. The molecule has 8 heteroatoms. The van der Waals surface area contributed by atoms with Crippen LogP contribution in [-0.2, 0) is 19.6 Å². The van der Waals surface area contributed by atoms with Crippen LogP contribution >= 0.6 is 0 Å². The predicted molar refractivity (Wildman–Crippen MR) is 72.0 cm³/mol. The molecule has 0 bridgehead atoms. The molecule has 1 aliphatic rings. The van der Waals surface area contributed by atoms with Crippen LogP contribution in [0.2, 0.25) is 0 Å². The van der Waals surface area contributed by atoms with Crippen molar-refractivity contribution in [2.24, 2.45) is 11.1 Å². The first kappa shape index (κ1) is 14.8. The molecule has 0 radical (unpaired) electrons. The summed E-state index contributed by atoms with van der Waals surface area (Å²) in [5, 5.41) is 14.2. The maximum Gasteiger partial charge on any atom is 0.311 e. The Kier molecular flexibility index (Phi) is 3.98. The second-order valence-corrected chi connectivity index (χ2v) is 6.26. The Morgan fingerprint density at radius 3 is 2.45 bits per heavy atom. The average molecular weight is 300 g/mol. The molecule has 1 heterocycles. The number of likely N-dealkylation sites (N-methyl/N-ethyl adjacent to an activating group) is 1. The Morgan fingerprint density at radius 1 is 1.35 bits per heavy atom. The van der Waals surface area contributed by atoms with E-state index in [0.29, 0.717) is 12.3 Å². The fraction of sp³-hybridized carbons (Fsp3) is 0.417. The zero-order chi connectivity index (χ0) is 14.9. The molecule has 1 fully saturated rings.